The zero-order chi connectivity index (χ0) is 21.5. The van der Waals surface area contributed by atoms with Gasteiger partial charge in [0.25, 0.3) is 5.56 Å². The molecule has 6 heteroatoms. The molecule has 0 saturated carbocycles. The van der Waals surface area contributed by atoms with Crippen LogP contribution in [0.15, 0.2) is 71.5 Å². The van der Waals surface area contributed by atoms with Crippen LogP contribution in [0.3, 0.4) is 0 Å². The van der Waals surface area contributed by atoms with Crippen molar-refractivity contribution in [2.45, 2.75) is 13.0 Å². The van der Waals surface area contributed by atoms with E-state index < -0.39 is 17.3 Å². The number of carboxylic acids is 1. The molecular weight excluding hydrogens is 397 g/mol. The Balaban J connectivity index is 1.81. The second-order valence-corrected chi connectivity index (χ2v) is 7.52. The first-order chi connectivity index (χ1) is 15.0. The molecule has 154 valence electrons. The number of halogens is 1. The maximum absolute atomic E-state index is 14.1. The Morgan fingerprint density at radius 3 is 2.61 bits per heavy atom. The van der Waals surface area contributed by atoms with E-state index in [-0.39, 0.29) is 23.0 Å². The van der Waals surface area contributed by atoms with Gasteiger partial charge in [-0.2, -0.15) is 0 Å². The van der Waals surface area contributed by atoms with Crippen LogP contribution >= 0.6 is 0 Å². The van der Waals surface area contributed by atoms with Crippen LogP contribution in [0.2, 0.25) is 0 Å². The van der Waals surface area contributed by atoms with Crippen LogP contribution in [0.5, 0.6) is 5.75 Å². The molecule has 0 fully saturated rings. The lowest BCUT2D eigenvalue weighted by atomic mass is 9.96. The summed E-state index contributed by atoms with van der Waals surface area (Å²) in [7, 11) is 0. The second kappa shape index (κ2) is 7.40. The zero-order valence-corrected chi connectivity index (χ0v) is 16.5. The Kier molecular flexibility index (Phi) is 4.55. The minimum atomic E-state index is -1.24. The van der Waals surface area contributed by atoms with Crippen molar-refractivity contribution in [3.05, 3.63) is 99.7 Å². The Morgan fingerprint density at radius 2 is 1.84 bits per heavy atom. The van der Waals surface area contributed by atoms with E-state index in [0.29, 0.717) is 17.7 Å². The monoisotopic (exact) mass is 415 g/mol. The maximum Gasteiger partial charge on any atom is 0.353 e. The van der Waals surface area contributed by atoms with E-state index in [1.54, 1.807) is 24.3 Å². The van der Waals surface area contributed by atoms with Crippen LogP contribution in [-0.4, -0.2) is 22.2 Å². The average Bonchev–Trinajstić information content (AvgIpc) is 3.23. The van der Waals surface area contributed by atoms with Crippen LogP contribution in [0.4, 0.5) is 4.39 Å². The molecule has 0 radical (unpaired) electrons. The molecule has 0 unspecified atom stereocenters. The van der Waals surface area contributed by atoms with Gasteiger partial charge in [0.2, 0.25) is 0 Å². The summed E-state index contributed by atoms with van der Waals surface area (Å²) < 4.78 is 20.9. The molecule has 1 aliphatic rings. The summed E-state index contributed by atoms with van der Waals surface area (Å²) in [6, 6.07) is 18.4. The lowest BCUT2D eigenvalue weighted by Gasteiger charge is -2.18. The summed E-state index contributed by atoms with van der Waals surface area (Å²) in [5.41, 5.74) is 2.14. The van der Waals surface area contributed by atoms with Crippen molar-refractivity contribution in [1.29, 1.82) is 0 Å². The highest BCUT2D eigenvalue weighted by molar-refractivity contribution is 6.06. The third-order valence-electron chi connectivity index (χ3n) is 5.59. The van der Waals surface area contributed by atoms with Crippen LogP contribution in [0, 0.1) is 5.82 Å². The summed E-state index contributed by atoms with van der Waals surface area (Å²) in [5.74, 6) is -0.961. The standard InChI is InChI=1S/C25H18FNO4/c26-18-7-8-19-20(13-18)22(16-4-2-1-3-5-16)23(25(29)30)27(24(19)28)14-15-6-9-21-17(12-15)10-11-31-21/h1-9,12-13H,10-11,14H2,(H,29,30). The fourth-order valence-corrected chi connectivity index (χ4v) is 4.21. The van der Waals surface area contributed by atoms with Gasteiger partial charge in [0.05, 0.1) is 13.2 Å². The van der Waals surface area contributed by atoms with Crippen LogP contribution in [-0.2, 0) is 13.0 Å². The van der Waals surface area contributed by atoms with E-state index in [4.69, 9.17) is 4.74 Å². The lowest BCUT2D eigenvalue weighted by Crippen LogP contribution is -2.28. The van der Waals surface area contributed by atoms with Crippen molar-refractivity contribution >= 4 is 16.7 Å². The summed E-state index contributed by atoms with van der Waals surface area (Å²) >= 11 is 0. The van der Waals surface area contributed by atoms with E-state index in [9.17, 15) is 19.1 Å². The molecule has 1 aliphatic heterocycles. The normalized spacial score (nSPS) is 12.5. The Labute approximate surface area is 177 Å². The SMILES string of the molecule is O=C(O)c1c(-c2ccccc2)c2cc(F)ccc2c(=O)n1Cc1ccc2c(c1)CCO2. The van der Waals surface area contributed by atoms with Crippen molar-refractivity contribution < 1.29 is 19.0 Å². The van der Waals surface area contributed by atoms with E-state index in [1.165, 1.54) is 22.8 Å². The van der Waals surface area contributed by atoms with Gasteiger partial charge in [0, 0.05) is 22.8 Å². The first-order valence-corrected chi connectivity index (χ1v) is 9.92. The highest BCUT2D eigenvalue weighted by atomic mass is 19.1. The number of carbonyl (C=O) groups is 1. The molecule has 1 N–H and O–H groups in total. The molecule has 31 heavy (non-hydrogen) atoms. The number of aromatic nitrogens is 1. The molecule has 0 saturated heterocycles. The quantitative estimate of drug-likeness (QED) is 0.533. The number of fused-ring (bicyclic) bond motifs is 2. The number of benzene rings is 3. The number of ether oxygens (including phenoxy) is 1. The topological polar surface area (TPSA) is 68.5 Å². The fourth-order valence-electron chi connectivity index (χ4n) is 4.21. The fraction of sp³-hybridized carbons (Fsp3) is 0.120. The molecule has 0 amide bonds. The maximum atomic E-state index is 14.1. The van der Waals surface area contributed by atoms with E-state index in [0.717, 1.165) is 23.3 Å². The van der Waals surface area contributed by atoms with Gasteiger partial charge in [-0.05, 0) is 41.0 Å². The summed E-state index contributed by atoms with van der Waals surface area (Å²) in [5, 5.41) is 10.7. The first-order valence-electron chi connectivity index (χ1n) is 9.92. The minimum absolute atomic E-state index is 0.0842. The molecule has 5 rings (SSSR count). The number of nitrogens with zero attached hydrogens (tertiary/aromatic N) is 1. The van der Waals surface area contributed by atoms with Crippen LogP contribution in [0.25, 0.3) is 21.9 Å². The van der Waals surface area contributed by atoms with Gasteiger partial charge in [-0.15, -0.1) is 0 Å². The average molecular weight is 415 g/mol. The van der Waals surface area contributed by atoms with Crippen molar-refractivity contribution in [2.24, 2.45) is 0 Å². The summed E-state index contributed by atoms with van der Waals surface area (Å²) in [4.78, 5) is 25.7. The largest absolute Gasteiger partial charge is 0.493 e. The summed E-state index contributed by atoms with van der Waals surface area (Å²) in [6.45, 7) is 0.694. The molecular formula is C25H18FNO4. The molecule has 0 aliphatic carbocycles. The molecule has 5 nitrogen and oxygen atoms in total. The summed E-state index contributed by atoms with van der Waals surface area (Å²) in [6.07, 6.45) is 0.774. The first kappa shape index (κ1) is 19.1. The minimum Gasteiger partial charge on any atom is -0.493 e. The predicted octanol–water partition coefficient (Wildman–Crippen LogP) is 4.49. The number of hydrogen-bond donors (Lipinski definition) is 1. The van der Waals surface area contributed by atoms with E-state index in [1.807, 2.05) is 24.3 Å². The molecule has 4 aromatic rings. The van der Waals surface area contributed by atoms with Gasteiger partial charge < -0.3 is 9.84 Å². The van der Waals surface area contributed by atoms with Crippen LogP contribution < -0.4 is 10.3 Å². The van der Waals surface area contributed by atoms with Crippen LogP contribution in [0.1, 0.15) is 21.6 Å². The van der Waals surface area contributed by atoms with Crippen molar-refractivity contribution in [2.75, 3.05) is 6.61 Å². The van der Waals surface area contributed by atoms with Crippen molar-refractivity contribution in [1.82, 2.24) is 4.57 Å². The van der Waals surface area contributed by atoms with Crippen molar-refractivity contribution in [3.63, 3.8) is 0 Å². The number of hydrogen-bond acceptors (Lipinski definition) is 3. The highest BCUT2D eigenvalue weighted by Gasteiger charge is 2.24. The number of carboxylic acid groups (broad SMARTS) is 1. The third-order valence-corrected chi connectivity index (χ3v) is 5.59. The number of rotatable bonds is 4. The Bertz CT molecular complexity index is 1390. The molecule has 3 aromatic carbocycles. The Morgan fingerprint density at radius 1 is 1.03 bits per heavy atom. The number of aromatic carboxylic acids is 1. The number of pyridine rings is 1. The molecule has 0 bridgehead atoms. The smallest absolute Gasteiger partial charge is 0.353 e. The van der Waals surface area contributed by atoms with Gasteiger partial charge in [-0.3, -0.25) is 9.36 Å². The van der Waals surface area contributed by atoms with E-state index >= 15 is 0 Å². The molecule has 0 spiro atoms. The predicted molar refractivity (Wildman–Crippen MR) is 115 cm³/mol. The third kappa shape index (κ3) is 3.26. The van der Waals surface area contributed by atoms with Gasteiger partial charge >= 0.3 is 5.97 Å². The highest BCUT2D eigenvalue weighted by Crippen LogP contribution is 2.32. The van der Waals surface area contributed by atoms with Gasteiger partial charge in [-0.1, -0.05) is 42.5 Å². The van der Waals surface area contributed by atoms with Gasteiger partial charge in [-0.25, -0.2) is 9.18 Å². The van der Waals surface area contributed by atoms with Gasteiger partial charge in [0.15, 0.2) is 0 Å². The zero-order valence-electron chi connectivity index (χ0n) is 16.5. The molecule has 1 aromatic heterocycles. The van der Waals surface area contributed by atoms with E-state index in [2.05, 4.69) is 0 Å². The Hall–Kier alpha value is -3.93. The molecule has 0 atom stereocenters. The van der Waals surface area contributed by atoms with Crippen molar-refractivity contribution in [3.8, 4) is 16.9 Å². The van der Waals surface area contributed by atoms with Gasteiger partial charge in [0.1, 0.15) is 17.3 Å². The second-order valence-electron chi connectivity index (χ2n) is 7.52. The molecule has 2 heterocycles. The lowest BCUT2D eigenvalue weighted by molar-refractivity contribution is 0.0685.